The number of hydrogen-bond acceptors (Lipinski definition) is 3. The first-order valence-corrected chi connectivity index (χ1v) is 18.0. The number of thiophene rings is 1. The van der Waals surface area contributed by atoms with E-state index in [0.717, 1.165) is 39.2 Å². The lowest BCUT2D eigenvalue weighted by atomic mass is 10.0. The van der Waals surface area contributed by atoms with E-state index in [1.807, 2.05) is 11.3 Å². The molecule has 4 aromatic heterocycles. The van der Waals surface area contributed by atoms with Crippen LogP contribution in [0.15, 0.2) is 170 Å². The molecule has 0 unspecified atom stereocenters. The average molecular weight is 669 g/mol. The van der Waals surface area contributed by atoms with E-state index in [4.69, 9.17) is 9.97 Å². The number of rotatable bonds is 4. The van der Waals surface area contributed by atoms with Crippen molar-refractivity contribution in [1.29, 1.82) is 0 Å². The highest BCUT2D eigenvalue weighted by atomic mass is 32.1. The molecule has 7 aromatic carbocycles. The molecular formula is C46H28N4S. The number of aromatic nitrogens is 4. The van der Waals surface area contributed by atoms with Crippen LogP contribution in [0.5, 0.6) is 0 Å². The SMILES string of the molecule is c1ccc(-c2cc(-c3cccc4c3sc3ccccc34)nc(-n3c4ccccc4c4c3ccc3c5ccccc5n(-c5ccccc5)c34)n2)cc1. The minimum absolute atomic E-state index is 0.650. The molecule has 238 valence electrons. The molecule has 0 N–H and O–H groups in total. The summed E-state index contributed by atoms with van der Waals surface area (Å²) in [6.45, 7) is 0. The van der Waals surface area contributed by atoms with Gasteiger partial charge in [0.1, 0.15) is 0 Å². The van der Waals surface area contributed by atoms with Crippen LogP contribution < -0.4 is 0 Å². The fraction of sp³-hybridized carbons (Fsp3) is 0. The summed E-state index contributed by atoms with van der Waals surface area (Å²) in [5, 5.41) is 7.33. The molecule has 0 fully saturated rings. The molecule has 51 heavy (non-hydrogen) atoms. The summed E-state index contributed by atoms with van der Waals surface area (Å²) in [6, 6.07) is 60.4. The van der Waals surface area contributed by atoms with Crippen molar-refractivity contribution in [3.63, 3.8) is 0 Å². The van der Waals surface area contributed by atoms with Gasteiger partial charge in [0.05, 0.1) is 33.5 Å². The summed E-state index contributed by atoms with van der Waals surface area (Å²) in [5.74, 6) is 0.650. The van der Waals surface area contributed by atoms with E-state index < -0.39 is 0 Å². The van der Waals surface area contributed by atoms with E-state index in [-0.39, 0.29) is 0 Å². The molecule has 0 bridgehead atoms. The van der Waals surface area contributed by atoms with Gasteiger partial charge in [0.25, 0.3) is 0 Å². The Balaban J connectivity index is 1.26. The quantitative estimate of drug-likeness (QED) is 0.187. The molecule has 4 nitrogen and oxygen atoms in total. The summed E-state index contributed by atoms with van der Waals surface area (Å²) in [7, 11) is 0. The highest BCUT2D eigenvalue weighted by Gasteiger charge is 2.23. The molecule has 0 atom stereocenters. The lowest BCUT2D eigenvalue weighted by Crippen LogP contribution is -2.04. The first kappa shape index (κ1) is 28.3. The molecule has 4 heterocycles. The van der Waals surface area contributed by atoms with Gasteiger partial charge in [-0.25, -0.2) is 9.97 Å². The number of hydrogen-bond donors (Lipinski definition) is 0. The van der Waals surface area contributed by atoms with Crippen LogP contribution in [0, 0.1) is 0 Å². The second-order valence-corrected chi connectivity index (χ2v) is 14.0. The van der Waals surface area contributed by atoms with Gasteiger partial charge in [0.15, 0.2) is 0 Å². The molecule has 0 saturated carbocycles. The van der Waals surface area contributed by atoms with Crippen molar-refractivity contribution in [2.45, 2.75) is 0 Å². The van der Waals surface area contributed by atoms with Gasteiger partial charge in [0, 0.05) is 58.5 Å². The molecule has 0 saturated heterocycles. The Kier molecular flexibility index (Phi) is 6.09. The summed E-state index contributed by atoms with van der Waals surface area (Å²) >= 11 is 1.83. The standard InChI is InChI=1S/C46H28N4S/c1-3-14-29(15-4-1)37-28-38(35-22-13-21-34-32-19-9-12-25-42(32)51-45(34)35)48-46(47-37)50-40-24-11-8-20-36(40)43-41(50)27-26-33-31-18-7-10-23-39(31)49(44(33)43)30-16-5-2-6-17-30/h1-28H. The van der Waals surface area contributed by atoms with E-state index >= 15 is 0 Å². The highest BCUT2D eigenvalue weighted by Crippen LogP contribution is 2.43. The molecule has 11 rings (SSSR count). The Bertz CT molecular complexity index is 3130. The third-order valence-corrected chi connectivity index (χ3v) is 11.4. The van der Waals surface area contributed by atoms with Crippen LogP contribution in [0.25, 0.3) is 97.9 Å². The zero-order valence-electron chi connectivity index (χ0n) is 27.4. The van der Waals surface area contributed by atoms with Crippen LogP contribution in [0.1, 0.15) is 0 Å². The number of fused-ring (bicyclic) bond motifs is 10. The Labute approximate surface area is 297 Å². The maximum Gasteiger partial charge on any atom is 0.235 e. The van der Waals surface area contributed by atoms with Gasteiger partial charge in [-0.3, -0.25) is 4.57 Å². The normalized spacial score (nSPS) is 11.9. The summed E-state index contributed by atoms with van der Waals surface area (Å²) in [4.78, 5) is 10.8. The number of nitrogens with zero attached hydrogens (tertiary/aromatic N) is 4. The largest absolute Gasteiger partial charge is 0.309 e. The zero-order valence-corrected chi connectivity index (χ0v) is 28.2. The second-order valence-electron chi connectivity index (χ2n) is 13.0. The average Bonchev–Trinajstić information content (AvgIpc) is 3.86. The molecule has 5 heteroatoms. The highest BCUT2D eigenvalue weighted by molar-refractivity contribution is 7.26. The van der Waals surface area contributed by atoms with Crippen molar-refractivity contribution in [3.8, 4) is 34.2 Å². The van der Waals surface area contributed by atoms with Gasteiger partial charge in [-0.05, 0) is 42.5 Å². The molecule has 0 spiro atoms. The molecule has 0 aliphatic carbocycles. The Morgan fingerprint density at radius 3 is 1.90 bits per heavy atom. The van der Waals surface area contributed by atoms with Crippen LogP contribution in [0.4, 0.5) is 0 Å². The predicted molar refractivity (Wildman–Crippen MR) is 214 cm³/mol. The van der Waals surface area contributed by atoms with Crippen molar-refractivity contribution >= 4 is 75.1 Å². The lowest BCUT2D eigenvalue weighted by Gasteiger charge is -2.12. The minimum Gasteiger partial charge on any atom is -0.309 e. The van der Waals surface area contributed by atoms with Crippen LogP contribution in [0.2, 0.25) is 0 Å². The molecule has 0 amide bonds. The topological polar surface area (TPSA) is 35.6 Å². The van der Waals surface area contributed by atoms with Crippen LogP contribution in [-0.2, 0) is 0 Å². The van der Waals surface area contributed by atoms with Gasteiger partial charge in [-0.15, -0.1) is 11.3 Å². The van der Waals surface area contributed by atoms with Gasteiger partial charge < -0.3 is 4.57 Å². The number of para-hydroxylation sites is 3. The van der Waals surface area contributed by atoms with Gasteiger partial charge in [0.2, 0.25) is 5.95 Å². The summed E-state index contributed by atoms with van der Waals surface area (Å²) in [5.41, 5.74) is 9.60. The lowest BCUT2D eigenvalue weighted by molar-refractivity contribution is 0.996. The number of benzene rings is 7. The van der Waals surface area contributed by atoms with E-state index in [1.165, 1.54) is 52.8 Å². The minimum atomic E-state index is 0.650. The Morgan fingerprint density at radius 2 is 1.08 bits per heavy atom. The monoisotopic (exact) mass is 668 g/mol. The predicted octanol–water partition coefficient (Wildman–Crippen LogP) is 12.4. The third-order valence-electron chi connectivity index (χ3n) is 10.1. The smallest absolute Gasteiger partial charge is 0.235 e. The van der Waals surface area contributed by atoms with Crippen molar-refractivity contribution in [1.82, 2.24) is 19.1 Å². The molecule has 0 aliphatic heterocycles. The fourth-order valence-electron chi connectivity index (χ4n) is 7.95. The molecule has 0 radical (unpaired) electrons. The molecular weight excluding hydrogens is 641 g/mol. The van der Waals surface area contributed by atoms with Crippen molar-refractivity contribution in [2.24, 2.45) is 0 Å². The van der Waals surface area contributed by atoms with E-state index in [1.54, 1.807) is 0 Å². The van der Waals surface area contributed by atoms with E-state index in [2.05, 4.69) is 179 Å². The first-order valence-electron chi connectivity index (χ1n) is 17.2. The Hall–Kier alpha value is -6.56. The zero-order chi connectivity index (χ0) is 33.5. The van der Waals surface area contributed by atoms with Crippen molar-refractivity contribution in [3.05, 3.63) is 170 Å². The van der Waals surface area contributed by atoms with Gasteiger partial charge >= 0.3 is 0 Å². The Morgan fingerprint density at radius 1 is 0.431 bits per heavy atom. The maximum absolute atomic E-state index is 5.45. The van der Waals surface area contributed by atoms with E-state index in [9.17, 15) is 0 Å². The van der Waals surface area contributed by atoms with Crippen molar-refractivity contribution < 1.29 is 0 Å². The van der Waals surface area contributed by atoms with Crippen LogP contribution in [-0.4, -0.2) is 19.1 Å². The maximum atomic E-state index is 5.45. The molecule has 11 aromatic rings. The van der Waals surface area contributed by atoms with Crippen molar-refractivity contribution in [2.75, 3.05) is 0 Å². The summed E-state index contributed by atoms with van der Waals surface area (Å²) in [6.07, 6.45) is 0. The van der Waals surface area contributed by atoms with Crippen LogP contribution >= 0.6 is 11.3 Å². The first-order chi connectivity index (χ1) is 25.3. The van der Waals surface area contributed by atoms with Gasteiger partial charge in [-0.1, -0.05) is 127 Å². The van der Waals surface area contributed by atoms with Crippen LogP contribution in [0.3, 0.4) is 0 Å². The third kappa shape index (κ3) is 4.19. The van der Waals surface area contributed by atoms with Gasteiger partial charge in [-0.2, -0.15) is 0 Å². The fourth-order valence-corrected chi connectivity index (χ4v) is 9.17. The molecule has 0 aliphatic rings. The second kappa shape index (κ2) is 11.0. The van der Waals surface area contributed by atoms with E-state index in [0.29, 0.717) is 5.95 Å². The summed E-state index contributed by atoms with van der Waals surface area (Å²) < 4.78 is 7.19.